The fourth-order valence-electron chi connectivity index (χ4n) is 1.97. The molecule has 0 radical (unpaired) electrons. The van der Waals surface area contributed by atoms with Crippen LogP contribution in [0.2, 0.25) is 0 Å². The molecule has 2 heteroatoms. The van der Waals surface area contributed by atoms with E-state index in [0.717, 1.165) is 18.6 Å². The second-order valence-corrected chi connectivity index (χ2v) is 4.36. The van der Waals surface area contributed by atoms with Crippen LogP contribution in [-0.4, -0.2) is 18.3 Å². The number of benzene rings is 1. The smallest absolute Gasteiger partial charge is 0.119 e. The number of hydrogen-bond donors (Lipinski definition) is 1. The lowest BCUT2D eigenvalue weighted by atomic mass is 9.98. The van der Waals surface area contributed by atoms with Crippen LogP contribution in [-0.2, 0) is 12.8 Å². The van der Waals surface area contributed by atoms with Crippen molar-refractivity contribution in [1.29, 1.82) is 0 Å². The zero-order valence-electron chi connectivity index (χ0n) is 11.0. The van der Waals surface area contributed by atoms with E-state index in [1.807, 2.05) is 6.07 Å². The van der Waals surface area contributed by atoms with Crippen LogP contribution in [0.4, 0.5) is 0 Å². The Hall–Kier alpha value is -1.02. The third-order valence-electron chi connectivity index (χ3n) is 2.86. The van der Waals surface area contributed by atoms with E-state index in [1.165, 1.54) is 30.4 Å². The molecule has 96 valence electrons. The maximum absolute atomic E-state index is 8.75. The molecular weight excluding hydrogens is 212 g/mol. The highest BCUT2D eigenvalue weighted by molar-refractivity contribution is 5.36. The minimum Gasteiger partial charge on any atom is -0.491 e. The molecule has 17 heavy (non-hydrogen) atoms. The third kappa shape index (κ3) is 4.78. The predicted octanol–water partition coefficient (Wildman–Crippen LogP) is 3.35. The van der Waals surface area contributed by atoms with Crippen molar-refractivity contribution in [3.63, 3.8) is 0 Å². The van der Waals surface area contributed by atoms with Crippen molar-refractivity contribution in [1.82, 2.24) is 0 Å². The van der Waals surface area contributed by atoms with Gasteiger partial charge < -0.3 is 9.84 Å². The van der Waals surface area contributed by atoms with Gasteiger partial charge in [0, 0.05) is 0 Å². The molecule has 0 aliphatic carbocycles. The molecule has 0 saturated carbocycles. The van der Waals surface area contributed by atoms with Gasteiger partial charge in [-0.05, 0) is 42.5 Å². The fourth-order valence-corrected chi connectivity index (χ4v) is 1.97. The summed E-state index contributed by atoms with van der Waals surface area (Å²) in [4.78, 5) is 0. The summed E-state index contributed by atoms with van der Waals surface area (Å²) in [5.74, 6) is 0.880. The van der Waals surface area contributed by atoms with Gasteiger partial charge in [0.05, 0.1) is 6.61 Å². The first-order chi connectivity index (χ1) is 8.31. The average Bonchev–Trinajstić information content (AvgIpc) is 2.36. The zero-order valence-corrected chi connectivity index (χ0v) is 11.0. The molecule has 0 spiro atoms. The molecule has 0 amide bonds. The molecule has 0 aromatic heterocycles. The maximum Gasteiger partial charge on any atom is 0.119 e. The van der Waals surface area contributed by atoms with Crippen LogP contribution >= 0.6 is 0 Å². The molecule has 0 aliphatic rings. The Kier molecular flexibility index (Phi) is 6.71. The molecule has 1 N–H and O–H groups in total. The maximum atomic E-state index is 8.75. The first kappa shape index (κ1) is 14.0. The molecule has 0 aliphatic heterocycles. The topological polar surface area (TPSA) is 29.5 Å². The van der Waals surface area contributed by atoms with Crippen molar-refractivity contribution in [3.05, 3.63) is 29.3 Å². The summed E-state index contributed by atoms with van der Waals surface area (Å²) in [5, 5.41) is 8.75. The van der Waals surface area contributed by atoms with Gasteiger partial charge in [0.2, 0.25) is 0 Å². The van der Waals surface area contributed by atoms with Gasteiger partial charge in [-0.3, -0.25) is 0 Å². The van der Waals surface area contributed by atoms with Gasteiger partial charge in [-0.25, -0.2) is 0 Å². The van der Waals surface area contributed by atoms with Crippen molar-refractivity contribution in [2.24, 2.45) is 0 Å². The Morgan fingerprint density at radius 2 is 1.88 bits per heavy atom. The number of aliphatic hydroxyl groups excluding tert-OH is 1. The molecule has 0 unspecified atom stereocenters. The Balaban J connectivity index is 2.76. The van der Waals surface area contributed by atoms with Crippen molar-refractivity contribution in [2.75, 3.05) is 13.2 Å². The standard InChI is InChI=1S/C15H24O2/c1-3-5-7-14-12-15(17-11-10-16)9-8-13(14)6-4-2/h8-9,12,16H,3-7,10-11H2,1-2H3. The monoisotopic (exact) mass is 236 g/mol. The average molecular weight is 236 g/mol. The summed E-state index contributed by atoms with van der Waals surface area (Å²) in [5.41, 5.74) is 2.85. The lowest BCUT2D eigenvalue weighted by molar-refractivity contribution is 0.201. The third-order valence-corrected chi connectivity index (χ3v) is 2.86. The van der Waals surface area contributed by atoms with Gasteiger partial charge in [-0.2, -0.15) is 0 Å². The number of hydrogen-bond acceptors (Lipinski definition) is 2. The van der Waals surface area contributed by atoms with E-state index in [0.29, 0.717) is 6.61 Å². The number of aryl methyl sites for hydroxylation is 2. The van der Waals surface area contributed by atoms with Crippen molar-refractivity contribution < 1.29 is 9.84 Å². The van der Waals surface area contributed by atoms with Crippen molar-refractivity contribution in [3.8, 4) is 5.75 Å². The van der Waals surface area contributed by atoms with Crippen LogP contribution in [0.25, 0.3) is 0 Å². The van der Waals surface area contributed by atoms with E-state index < -0.39 is 0 Å². The zero-order chi connectivity index (χ0) is 12.5. The lowest BCUT2D eigenvalue weighted by Crippen LogP contribution is -2.03. The predicted molar refractivity (Wildman–Crippen MR) is 71.6 cm³/mol. The Labute approximate surface area is 105 Å². The highest BCUT2D eigenvalue weighted by Crippen LogP contribution is 2.21. The SMILES string of the molecule is CCCCc1cc(OCCO)ccc1CCC. The van der Waals surface area contributed by atoms with Crippen LogP contribution in [0.5, 0.6) is 5.75 Å². The van der Waals surface area contributed by atoms with Gasteiger partial charge >= 0.3 is 0 Å². The summed E-state index contributed by atoms with van der Waals surface area (Å²) in [6.07, 6.45) is 5.88. The van der Waals surface area contributed by atoms with E-state index >= 15 is 0 Å². The molecule has 0 saturated heterocycles. The Bertz CT molecular complexity index is 321. The van der Waals surface area contributed by atoms with Crippen LogP contribution in [0, 0.1) is 0 Å². The lowest BCUT2D eigenvalue weighted by Gasteiger charge is -2.11. The summed E-state index contributed by atoms with van der Waals surface area (Å²) in [7, 11) is 0. The van der Waals surface area contributed by atoms with E-state index in [2.05, 4.69) is 26.0 Å². The molecule has 0 fully saturated rings. The largest absolute Gasteiger partial charge is 0.491 e. The number of rotatable bonds is 8. The summed E-state index contributed by atoms with van der Waals surface area (Å²) < 4.78 is 5.46. The summed E-state index contributed by atoms with van der Waals surface area (Å²) in [6, 6.07) is 6.31. The second-order valence-electron chi connectivity index (χ2n) is 4.36. The van der Waals surface area contributed by atoms with Crippen LogP contribution < -0.4 is 4.74 Å². The van der Waals surface area contributed by atoms with Gasteiger partial charge in [0.15, 0.2) is 0 Å². The molecule has 1 rings (SSSR count). The normalized spacial score (nSPS) is 10.5. The number of ether oxygens (including phenoxy) is 1. The van der Waals surface area contributed by atoms with Crippen molar-refractivity contribution in [2.45, 2.75) is 46.0 Å². The van der Waals surface area contributed by atoms with Gasteiger partial charge in [-0.15, -0.1) is 0 Å². The highest BCUT2D eigenvalue weighted by atomic mass is 16.5. The summed E-state index contributed by atoms with van der Waals surface area (Å²) >= 11 is 0. The molecule has 2 nitrogen and oxygen atoms in total. The molecular formula is C15H24O2. The minimum absolute atomic E-state index is 0.0704. The Morgan fingerprint density at radius 3 is 2.53 bits per heavy atom. The van der Waals surface area contributed by atoms with Gasteiger partial charge in [0.1, 0.15) is 12.4 Å². The first-order valence-corrected chi connectivity index (χ1v) is 6.67. The molecule has 0 atom stereocenters. The number of aliphatic hydroxyl groups is 1. The molecule has 0 bridgehead atoms. The first-order valence-electron chi connectivity index (χ1n) is 6.67. The number of unbranched alkanes of at least 4 members (excludes halogenated alkanes) is 1. The van der Waals surface area contributed by atoms with Gasteiger partial charge in [0.25, 0.3) is 0 Å². The van der Waals surface area contributed by atoms with Crippen LogP contribution in [0.1, 0.15) is 44.2 Å². The Morgan fingerprint density at radius 1 is 1.06 bits per heavy atom. The van der Waals surface area contributed by atoms with E-state index in [4.69, 9.17) is 9.84 Å². The van der Waals surface area contributed by atoms with Crippen LogP contribution in [0.15, 0.2) is 18.2 Å². The molecule has 0 heterocycles. The molecule has 1 aromatic carbocycles. The quantitative estimate of drug-likeness (QED) is 0.750. The van der Waals surface area contributed by atoms with Gasteiger partial charge in [-0.1, -0.05) is 32.8 Å². The van der Waals surface area contributed by atoms with E-state index in [9.17, 15) is 0 Å². The second kappa shape index (κ2) is 8.13. The minimum atomic E-state index is 0.0704. The molecule has 1 aromatic rings. The van der Waals surface area contributed by atoms with Crippen molar-refractivity contribution >= 4 is 0 Å². The summed E-state index contributed by atoms with van der Waals surface area (Å²) in [6.45, 7) is 4.87. The fraction of sp³-hybridized carbons (Fsp3) is 0.600. The highest BCUT2D eigenvalue weighted by Gasteiger charge is 2.04. The van der Waals surface area contributed by atoms with E-state index in [-0.39, 0.29) is 6.61 Å². The van der Waals surface area contributed by atoms with E-state index in [1.54, 1.807) is 0 Å². The van der Waals surface area contributed by atoms with Crippen LogP contribution in [0.3, 0.4) is 0 Å².